The molecule has 3 nitrogen and oxygen atoms in total. The molecule has 0 spiro atoms. The molecule has 0 aliphatic heterocycles. The molecule has 0 unspecified atom stereocenters. The van der Waals surface area contributed by atoms with Crippen molar-refractivity contribution in [3.05, 3.63) is 176 Å². The van der Waals surface area contributed by atoms with Gasteiger partial charge in [0, 0.05) is 33.0 Å². The molecule has 4 heteroatoms. The second kappa shape index (κ2) is 12.1. The van der Waals surface area contributed by atoms with E-state index in [1.54, 1.807) is 11.3 Å². The van der Waals surface area contributed by atoms with E-state index < -0.39 is 0 Å². The summed E-state index contributed by atoms with van der Waals surface area (Å²) in [5.41, 5.74) is 10.4. The molecule has 3 heterocycles. The van der Waals surface area contributed by atoms with Crippen LogP contribution in [0.2, 0.25) is 0 Å². The van der Waals surface area contributed by atoms with Crippen molar-refractivity contribution in [3.63, 3.8) is 0 Å². The minimum absolute atomic E-state index is 0.688. The third-order valence-corrected chi connectivity index (χ3v) is 10.9. The van der Waals surface area contributed by atoms with Gasteiger partial charge in [0.25, 0.3) is 0 Å². The number of hydrogen-bond donors (Lipinski definition) is 0. The number of hydrogen-bond acceptors (Lipinski definition) is 4. The van der Waals surface area contributed by atoms with E-state index in [1.807, 2.05) is 24.4 Å². The Kier molecular flexibility index (Phi) is 7.00. The van der Waals surface area contributed by atoms with Crippen molar-refractivity contribution in [2.24, 2.45) is 0 Å². The van der Waals surface area contributed by atoms with Gasteiger partial charge in [0.05, 0.1) is 21.6 Å². The largest absolute Gasteiger partial charge is 0.255 e. The van der Waals surface area contributed by atoms with Gasteiger partial charge >= 0.3 is 0 Å². The highest BCUT2D eigenvalue weighted by atomic mass is 32.1. The zero-order chi connectivity index (χ0) is 33.7. The number of thiophene rings is 1. The molecular weight excluding hydrogens is 639 g/mol. The maximum absolute atomic E-state index is 5.33. The van der Waals surface area contributed by atoms with Crippen LogP contribution in [0.25, 0.3) is 98.0 Å². The van der Waals surface area contributed by atoms with Crippen LogP contribution in [0.3, 0.4) is 0 Å². The number of pyridine rings is 1. The quantitative estimate of drug-likeness (QED) is 0.171. The van der Waals surface area contributed by atoms with E-state index in [4.69, 9.17) is 15.0 Å². The average molecular weight is 668 g/mol. The van der Waals surface area contributed by atoms with Gasteiger partial charge in [-0.3, -0.25) is 4.98 Å². The molecule has 0 saturated heterocycles. The first-order valence-corrected chi connectivity index (χ1v) is 17.9. The second-order valence-electron chi connectivity index (χ2n) is 12.8. The summed E-state index contributed by atoms with van der Waals surface area (Å²) >= 11 is 1.78. The molecule has 0 aliphatic carbocycles. The third kappa shape index (κ3) is 5.16. The number of nitrogens with zero attached hydrogens (tertiary/aromatic N) is 3. The minimum atomic E-state index is 0.688. The van der Waals surface area contributed by atoms with Crippen molar-refractivity contribution in [2.45, 2.75) is 0 Å². The average Bonchev–Trinajstić information content (AvgIpc) is 3.59. The van der Waals surface area contributed by atoms with Crippen LogP contribution in [0, 0.1) is 0 Å². The third-order valence-electron chi connectivity index (χ3n) is 9.74. The van der Waals surface area contributed by atoms with Crippen molar-refractivity contribution in [1.29, 1.82) is 0 Å². The maximum atomic E-state index is 5.33. The van der Waals surface area contributed by atoms with Gasteiger partial charge in [-0.15, -0.1) is 11.3 Å². The van der Waals surface area contributed by atoms with Gasteiger partial charge in [-0.05, 0) is 86.3 Å². The fraction of sp³-hybridized carbons (Fsp3) is 0. The lowest BCUT2D eigenvalue weighted by molar-refractivity contribution is 1.18. The van der Waals surface area contributed by atoms with E-state index in [9.17, 15) is 0 Å². The van der Waals surface area contributed by atoms with Gasteiger partial charge in [-0.1, -0.05) is 127 Å². The molecule has 51 heavy (non-hydrogen) atoms. The van der Waals surface area contributed by atoms with Crippen molar-refractivity contribution in [3.8, 4) is 56.2 Å². The Bertz CT molecular complexity index is 2860. The molecule has 0 saturated carbocycles. The fourth-order valence-electron chi connectivity index (χ4n) is 7.28. The van der Waals surface area contributed by atoms with Gasteiger partial charge in [-0.2, -0.15) is 0 Å². The Labute approximate surface area is 299 Å². The monoisotopic (exact) mass is 667 g/mol. The first-order valence-electron chi connectivity index (χ1n) is 17.1. The van der Waals surface area contributed by atoms with Gasteiger partial charge in [0.15, 0.2) is 5.82 Å². The molecule has 10 aromatic rings. The highest BCUT2D eigenvalue weighted by Crippen LogP contribution is 2.42. The molecule has 0 amide bonds. The summed E-state index contributed by atoms with van der Waals surface area (Å²) in [7, 11) is 0. The molecule has 3 aromatic heterocycles. The molecule has 0 N–H and O–H groups in total. The molecule has 0 radical (unpaired) electrons. The lowest BCUT2D eigenvalue weighted by Crippen LogP contribution is -1.98. The van der Waals surface area contributed by atoms with Gasteiger partial charge < -0.3 is 0 Å². The SMILES string of the molecule is c1ccc(-c2cc(-c3ccccc3)nc(-c3cc(-c4ccc5sc6cccnc6c5c4)ccc3-c3cc4ccccc4c4ccccc34)n2)cc1. The Morgan fingerprint density at radius 2 is 1.02 bits per heavy atom. The molecule has 0 atom stereocenters. The summed E-state index contributed by atoms with van der Waals surface area (Å²) in [5, 5.41) is 6.05. The van der Waals surface area contributed by atoms with Crippen LogP contribution in [0.15, 0.2) is 176 Å². The van der Waals surface area contributed by atoms with E-state index in [0.717, 1.165) is 55.8 Å². The van der Waals surface area contributed by atoms with Crippen LogP contribution >= 0.6 is 11.3 Å². The predicted octanol–water partition coefficient (Wildman–Crippen LogP) is 12.9. The molecular formula is C47H29N3S. The second-order valence-corrected chi connectivity index (χ2v) is 13.9. The Morgan fingerprint density at radius 3 is 1.78 bits per heavy atom. The smallest absolute Gasteiger partial charge is 0.161 e. The molecule has 0 fully saturated rings. The normalized spacial score (nSPS) is 11.5. The predicted molar refractivity (Wildman–Crippen MR) is 215 cm³/mol. The summed E-state index contributed by atoms with van der Waals surface area (Å²) in [4.78, 5) is 15.4. The summed E-state index contributed by atoms with van der Waals surface area (Å²) in [5.74, 6) is 0.688. The van der Waals surface area contributed by atoms with E-state index in [1.165, 1.54) is 36.3 Å². The first-order chi connectivity index (χ1) is 25.3. The van der Waals surface area contributed by atoms with E-state index in [-0.39, 0.29) is 0 Å². The van der Waals surface area contributed by atoms with Crippen LogP contribution in [-0.4, -0.2) is 15.0 Å². The summed E-state index contributed by atoms with van der Waals surface area (Å²) in [6.45, 7) is 0. The van der Waals surface area contributed by atoms with Gasteiger partial charge in [0.1, 0.15) is 0 Å². The van der Waals surface area contributed by atoms with Crippen LogP contribution in [0.1, 0.15) is 0 Å². The topological polar surface area (TPSA) is 38.7 Å². The molecule has 0 bridgehead atoms. The van der Waals surface area contributed by atoms with Crippen LogP contribution in [0.5, 0.6) is 0 Å². The van der Waals surface area contributed by atoms with Crippen LogP contribution in [-0.2, 0) is 0 Å². The summed E-state index contributed by atoms with van der Waals surface area (Å²) < 4.78 is 2.43. The number of fused-ring (bicyclic) bond motifs is 6. The number of aromatic nitrogens is 3. The highest BCUT2D eigenvalue weighted by molar-refractivity contribution is 7.25. The first kappa shape index (κ1) is 29.4. The summed E-state index contributed by atoms with van der Waals surface area (Å²) in [6.07, 6.45) is 1.88. The van der Waals surface area contributed by atoms with Crippen molar-refractivity contribution >= 4 is 53.2 Å². The van der Waals surface area contributed by atoms with Crippen LogP contribution in [0.4, 0.5) is 0 Å². The lowest BCUT2D eigenvalue weighted by Gasteiger charge is -2.17. The summed E-state index contributed by atoms with van der Waals surface area (Å²) in [6, 6.07) is 60.2. The van der Waals surface area contributed by atoms with Crippen molar-refractivity contribution in [2.75, 3.05) is 0 Å². The fourth-order valence-corrected chi connectivity index (χ4v) is 8.32. The van der Waals surface area contributed by atoms with E-state index in [0.29, 0.717) is 5.82 Å². The highest BCUT2D eigenvalue weighted by Gasteiger charge is 2.19. The molecule has 238 valence electrons. The van der Waals surface area contributed by atoms with E-state index in [2.05, 4.69) is 152 Å². The van der Waals surface area contributed by atoms with Crippen LogP contribution < -0.4 is 0 Å². The molecule has 7 aromatic carbocycles. The standard InChI is InChI=1S/C47H29N3S/c1-3-12-30(13-4-1)42-29-43(31-14-5-2-6-15-31)50-47(49-42)40-26-32(33-22-24-44-41(27-33)46-45(51-44)20-11-25-48-46)21-23-38(40)39-28-34-16-7-8-17-35(34)36-18-9-10-19-37(36)39/h1-29H. The van der Waals surface area contributed by atoms with E-state index >= 15 is 0 Å². The zero-order valence-electron chi connectivity index (χ0n) is 27.5. The van der Waals surface area contributed by atoms with Gasteiger partial charge in [0.2, 0.25) is 0 Å². The zero-order valence-corrected chi connectivity index (χ0v) is 28.3. The van der Waals surface area contributed by atoms with Gasteiger partial charge in [-0.25, -0.2) is 9.97 Å². The lowest BCUT2D eigenvalue weighted by atomic mass is 9.89. The number of benzene rings is 7. The molecule has 0 aliphatic rings. The Morgan fingerprint density at radius 1 is 0.373 bits per heavy atom. The molecule has 10 rings (SSSR count). The number of rotatable bonds is 5. The minimum Gasteiger partial charge on any atom is -0.255 e. The Hall–Kier alpha value is -6.49. The Balaban J connectivity index is 1.26. The van der Waals surface area contributed by atoms with Crippen molar-refractivity contribution in [1.82, 2.24) is 15.0 Å². The maximum Gasteiger partial charge on any atom is 0.161 e. The van der Waals surface area contributed by atoms with Crippen molar-refractivity contribution < 1.29 is 0 Å².